The molecule has 1 unspecified atom stereocenters. The van der Waals surface area contributed by atoms with E-state index in [9.17, 15) is 4.79 Å². The van der Waals surface area contributed by atoms with Gasteiger partial charge in [0.1, 0.15) is 6.10 Å². The lowest BCUT2D eigenvalue weighted by Crippen LogP contribution is -2.48. The van der Waals surface area contributed by atoms with E-state index in [1.807, 2.05) is 11.9 Å². The van der Waals surface area contributed by atoms with Crippen molar-refractivity contribution in [3.8, 4) is 0 Å². The first-order valence-electron chi connectivity index (χ1n) is 5.84. The first-order valence-corrected chi connectivity index (χ1v) is 5.84. The van der Waals surface area contributed by atoms with Crippen LogP contribution in [0.25, 0.3) is 0 Å². The largest absolute Gasteiger partial charge is 0.366 e. The van der Waals surface area contributed by atoms with E-state index in [-0.39, 0.29) is 12.0 Å². The van der Waals surface area contributed by atoms with Crippen LogP contribution in [-0.2, 0) is 9.53 Å². The molecule has 0 aromatic rings. The fourth-order valence-corrected chi connectivity index (χ4v) is 1.86. The molecule has 0 bridgehead atoms. The lowest BCUT2D eigenvalue weighted by atomic mass is 10.2. The fraction of sp³-hybridized carbons (Fsp3) is 0.909. The first kappa shape index (κ1) is 10.9. The van der Waals surface area contributed by atoms with Crippen LogP contribution in [0, 0.1) is 5.92 Å². The third-order valence-electron chi connectivity index (χ3n) is 3.15. The van der Waals surface area contributed by atoms with Crippen LogP contribution in [0.2, 0.25) is 0 Å². The Labute approximate surface area is 91.0 Å². The number of carbonyl (C=O) groups is 1. The van der Waals surface area contributed by atoms with Crippen molar-refractivity contribution in [3.63, 3.8) is 0 Å². The lowest BCUT2D eigenvalue weighted by molar-refractivity contribution is -0.143. The number of nitrogens with zero attached hydrogens (tertiary/aromatic N) is 1. The van der Waals surface area contributed by atoms with Gasteiger partial charge in [-0.1, -0.05) is 12.8 Å². The molecular weight excluding hydrogens is 192 g/mol. The zero-order valence-electron chi connectivity index (χ0n) is 9.37. The van der Waals surface area contributed by atoms with Crippen LogP contribution >= 0.6 is 0 Å². The minimum atomic E-state index is -0.261. The molecule has 2 fully saturated rings. The summed E-state index contributed by atoms with van der Waals surface area (Å²) in [6, 6.07) is 0. The van der Waals surface area contributed by atoms with Gasteiger partial charge in [0, 0.05) is 26.7 Å². The van der Waals surface area contributed by atoms with Gasteiger partial charge in [-0.15, -0.1) is 0 Å². The molecular formula is C11H20N2O2. The number of hydrogen-bond donors (Lipinski definition) is 1. The van der Waals surface area contributed by atoms with Crippen molar-refractivity contribution < 1.29 is 9.53 Å². The molecule has 1 aliphatic carbocycles. The normalized spacial score (nSPS) is 26.3. The van der Waals surface area contributed by atoms with Gasteiger partial charge in [0.2, 0.25) is 0 Å². The van der Waals surface area contributed by atoms with Crippen molar-refractivity contribution in [1.82, 2.24) is 10.2 Å². The van der Waals surface area contributed by atoms with Gasteiger partial charge < -0.3 is 15.0 Å². The van der Waals surface area contributed by atoms with Crippen molar-refractivity contribution in [2.45, 2.75) is 25.4 Å². The van der Waals surface area contributed by atoms with Crippen LogP contribution in [0.5, 0.6) is 0 Å². The maximum Gasteiger partial charge on any atom is 0.252 e. The molecule has 4 heteroatoms. The number of carbonyl (C=O) groups excluding carboxylic acids is 1. The van der Waals surface area contributed by atoms with Gasteiger partial charge in [-0.2, -0.15) is 0 Å². The van der Waals surface area contributed by atoms with E-state index in [0.29, 0.717) is 13.2 Å². The standard InChI is InChI=1S/C11H20N2O2/c1-13(6-4-9-2-3-9)11(14)10-8-12-5-7-15-10/h9-10,12H,2-8H2,1H3. The number of rotatable bonds is 4. The second kappa shape index (κ2) is 4.94. The Morgan fingerprint density at radius 3 is 2.93 bits per heavy atom. The summed E-state index contributed by atoms with van der Waals surface area (Å²) in [6.45, 7) is 3.04. The molecule has 0 spiro atoms. The van der Waals surface area contributed by atoms with Gasteiger partial charge in [0.05, 0.1) is 6.61 Å². The van der Waals surface area contributed by atoms with Crippen LogP contribution in [0.15, 0.2) is 0 Å². The number of amides is 1. The maximum atomic E-state index is 11.9. The molecule has 2 aliphatic rings. The molecule has 1 saturated carbocycles. The second-order valence-electron chi connectivity index (χ2n) is 4.56. The highest BCUT2D eigenvalue weighted by Crippen LogP contribution is 2.32. The van der Waals surface area contributed by atoms with Crippen LogP contribution in [0.3, 0.4) is 0 Å². The van der Waals surface area contributed by atoms with Gasteiger partial charge in [-0.3, -0.25) is 4.79 Å². The lowest BCUT2D eigenvalue weighted by Gasteiger charge is -2.27. The fourth-order valence-electron chi connectivity index (χ4n) is 1.86. The van der Waals surface area contributed by atoms with Crippen LogP contribution in [0.4, 0.5) is 0 Å². The molecule has 1 amide bonds. The number of nitrogens with one attached hydrogen (secondary N) is 1. The Balaban J connectivity index is 1.71. The second-order valence-corrected chi connectivity index (χ2v) is 4.56. The number of ether oxygens (including phenoxy) is 1. The summed E-state index contributed by atoms with van der Waals surface area (Å²) in [7, 11) is 1.88. The zero-order chi connectivity index (χ0) is 10.7. The van der Waals surface area contributed by atoms with Crippen molar-refractivity contribution >= 4 is 5.91 Å². The highest BCUT2D eigenvalue weighted by molar-refractivity contribution is 5.81. The van der Waals surface area contributed by atoms with E-state index in [1.165, 1.54) is 12.8 Å². The van der Waals surface area contributed by atoms with E-state index in [2.05, 4.69) is 5.32 Å². The summed E-state index contributed by atoms with van der Waals surface area (Å²) in [6.07, 6.45) is 3.60. The Morgan fingerprint density at radius 1 is 1.53 bits per heavy atom. The highest BCUT2D eigenvalue weighted by Gasteiger charge is 2.26. The van der Waals surface area contributed by atoms with Crippen LogP contribution in [0.1, 0.15) is 19.3 Å². The van der Waals surface area contributed by atoms with Crippen molar-refractivity contribution in [3.05, 3.63) is 0 Å². The van der Waals surface area contributed by atoms with E-state index in [4.69, 9.17) is 4.74 Å². The average molecular weight is 212 g/mol. The monoisotopic (exact) mass is 212 g/mol. The van der Waals surface area contributed by atoms with Crippen molar-refractivity contribution in [1.29, 1.82) is 0 Å². The summed E-state index contributed by atoms with van der Waals surface area (Å²) in [5.74, 6) is 1.01. The molecule has 15 heavy (non-hydrogen) atoms. The summed E-state index contributed by atoms with van der Waals surface area (Å²) in [4.78, 5) is 13.7. The van der Waals surface area contributed by atoms with Gasteiger partial charge in [-0.25, -0.2) is 0 Å². The van der Waals surface area contributed by atoms with Crippen molar-refractivity contribution in [2.75, 3.05) is 33.3 Å². The predicted molar refractivity (Wildman–Crippen MR) is 57.6 cm³/mol. The minimum Gasteiger partial charge on any atom is -0.366 e. The highest BCUT2D eigenvalue weighted by atomic mass is 16.5. The number of likely N-dealkylation sites (N-methyl/N-ethyl adjacent to an activating group) is 1. The Kier molecular flexibility index (Phi) is 3.59. The Morgan fingerprint density at radius 2 is 2.33 bits per heavy atom. The Bertz CT molecular complexity index is 223. The molecule has 0 radical (unpaired) electrons. The van der Waals surface area contributed by atoms with E-state index in [1.54, 1.807) is 0 Å². The molecule has 0 aromatic heterocycles. The molecule has 1 aliphatic heterocycles. The quantitative estimate of drug-likeness (QED) is 0.725. The van der Waals surface area contributed by atoms with Crippen molar-refractivity contribution in [2.24, 2.45) is 5.92 Å². The SMILES string of the molecule is CN(CCC1CC1)C(=O)C1CNCCO1. The third kappa shape index (κ3) is 3.18. The molecule has 86 valence electrons. The van der Waals surface area contributed by atoms with Gasteiger partial charge in [-0.05, 0) is 12.3 Å². The minimum absolute atomic E-state index is 0.128. The Hall–Kier alpha value is -0.610. The van der Waals surface area contributed by atoms with Crippen LogP contribution in [-0.4, -0.2) is 50.2 Å². The molecule has 4 nitrogen and oxygen atoms in total. The predicted octanol–water partition coefficient (Wildman–Crippen LogP) is 0.233. The molecule has 1 saturated heterocycles. The molecule has 1 heterocycles. The number of hydrogen-bond acceptors (Lipinski definition) is 3. The molecule has 0 aromatic carbocycles. The topological polar surface area (TPSA) is 41.6 Å². The summed E-state index contributed by atoms with van der Waals surface area (Å²) >= 11 is 0. The van der Waals surface area contributed by atoms with Gasteiger partial charge in [0.25, 0.3) is 5.91 Å². The molecule has 2 rings (SSSR count). The average Bonchev–Trinajstić information content (AvgIpc) is 3.10. The third-order valence-corrected chi connectivity index (χ3v) is 3.15. The zero-order valence-corrected chi connectivity index (χ0v) is 9.37. The van der Waals surface area contributed by atoms with E-state index >= 15 is 0 Å². The summed E-state index contributed by atoms with van der Waals surface area (Å²) in [5, 5.41) is 3.18. The van der Waals surface area contributed by atoms with Gasteiger partial charge in [0.15, 0.2) is 0 Å². The van der Waals surface area contributed by atoms with E-state index in [0.717, 1.165) is 25.4 Å². The molecule has 1 atom stereocenters. The van der Waals surface area contributed by atoms with Crippen LogP contribution < -0.4 is 5.32 Å². The van der Waals surface area contributed by atoms with E-state index < -0.39 is 0 Å². The summed E-state index contributed by atoms with van der Waals surface area (Å²) < 4.78 is 5.43. The van der Waals surface area contributed by atoms with Gasteiger partial charge >= 0.3 is 0 Å². The smallest absolute Gasteiger partial charge is 0.252 e. The summed E-state index contributed by atoms with van der Waals surface area (Å²) in [5.41, 5.74) is 0. The number of morpholine rings is 1. The maximum absolute atomic E-state index is 11.9. The first-order chi connectivity index (χ1) is 7.27. The molecule has 1 N–H and O–H groups in total.